The van der Waals surface area contributed by atoms with Gasteiger partial charge in [0.2, 0.25) is 5.78 Å². The minimum atomic E-state index is -0.949. The van der Waals surface area contributed by atoms with Crippen molar-refractivity contribution in [3.8, 4) is 0 Å². The van der Waals surface area contributed by atoms with Crippen LogP contribution in [0.2, 0.25) is 0 Å². The second kappa shape index (κ2) is 4.97. The van der Waals surface area contributed by atoms with Crippen LogP contribution in [0.1, 0.15) is 10.4 Å². The molecule has 1 atom stereocenters. The van der Waals surface area contributed by atoms with Gasteiger partial charge < -0.3 is 4.74 Å². The minimum Gasteiger partial charge on any atom is -0.441 e. The van der Waals surface area contributed by atoms with Crippen molar-refractivity contribution in [2.45, 2.75) is 6.10 Å². The van der Waals surface area contributed by atoms with Crippen LogP contribution in [0, 0.1) is 0 Å². The summed E-state index contributed by atoms with van der Waals surface area (Å²) in [7, 11) is 0. The summed E-state index contributed by atoms with van der Waals surface area (Å²) in [4.78, 5) is 21.6. The minimum absolute atomic E-state index is 0.302. The number of rotatable bonds is 5. The summed E-state index contributed by atoms with van der Waals surface area (Å²) < 4.78 is 4.43. The van der Waals surface area contributed by atoms with Crippen LogP contribution in [0.5, 0.6) is 0 Å². The van der Waals surface area contributed by atoms with Gasteiger partial charge in [-0.15, -0.1) is 0 Å². The fraction of sp³-hybridized carbons (Fsp3) is 0.0909. The Labute approximate surface area is 82.0 Å². The molecule has 0 amide bonds. The van der Waals surface area contributed by atoms with Crippen molar-refractivity contribution in [3.05, 3.63) is 48.6 Å². The van der Waals surface area contributed by atoms with Crippen molar-refractivity contribution in [1.29, 1.82) is 0 Å². The first-order chi connectivity index (χ1) is 6.79. The van der Waals surface area contributed by atoms with E-state index in [-0.39, 0.29) is 5.78 Å². The molecule has 0 aliphatic carbocycles. The van der Waals surface area contributed by atoms with Crippen LogP contribution in [-0.4, -0.2) is 18.4 Å². The molecule has 1 aromatic carbocycles. The van der Waals surface area contributed by atoms with E-state index in [1.165, 1.54) is 12.5 Å². The molecule has 0 aromatic heterocycles. The Bertz CT molecular complexity index is 330. The zero-order valence-electron chi connectivity index (χ0n) is 7.47. The van der Waals surface area contributed by atoms with Crippen molar-refractivity contribution < 1.29 is 14.3 Å². The number of benzene rings is 1. The number of hydrogen-bond acceptors (Lipinski definition) is 3. The monoisotopic (exact) mass is 189 g/mol. The molecule has 1 unspecified atom stereocenters. The molecular weight excluding hydrogens is 180 g/mol. The van der Waals surface area contributed by atoms with Crippen LogP contribution in [-0.2, 0) is 9.53 Å². The highest BCUT2D eigenvalue weighted by Gasteiger charge is 2.17. The molecule has 3 nitrogen and oxygen atoms in total. The normalized spacial score (nSPS) is 11.4. The topological polar surface area (TPSA) is 43.4 Å². The number of hydrogen-bond donors (Lipinski definition) is 0. The molecule has 0 saturated heterocycles. The van der Waals surface area contributed by atoms with E-state index in [2.05, 4.69) is 11.3 Å². The second-order valence-electron chi connectivity index (χ2n) is 2.59. The smallest absolute Gasteiger partial charge is 0.418 e. The van der Waals surface area contributed by atoms with Gasteiger partial charge in [0.25, 0.3) is 0 Å². The Kier molecular flexibility index (Phi) is 3.61. The molecule has 0 heterocycles. The van der Waals surface area contributed by atoms with E-state index in [9.17, 15) is 9.59 Å². The first kappa shape index (κ1) is 10.2. The van der Waals surface area contributed by atoms with E-state index < -0.39 is 6.10 Å². The Balaban J connectivity index is 2.83. The quantitative estimate of drug-likeness (QED) is 0.521. The number of ketones is 1. The van der Waals surface area contributed by atoms with Crippen molar-refractivity contribution in [1.82, 2.24) is 0 Å². The summed E-state index contributed by atoms with van der Waals surface area (Å²) in [6.07, 6.45) is 0.315. The molecular formula is C11H9O3. The summed E-state index contributed by atoms with van der Waals surface area (Å²) in [5.41, 5.74) is 0.479. The third kappa shape index (κ3) is 2.29. The average molecular weight is 189 g/mol. The molecule has 0 saturated carbocycles. The van der Waals surface area contributed by atoms with Gasteiger partial charge in [-0.25, -0.2) is 4.79 Å². The lowest BCUT2D eigenvalue weighted by molar-refractivity contribution is 0.0831. The van der Waals surface area contributed by atoms with E-state index in [0.29, 0.717) is 5.56 Å². The molecule has 1 aromatic rings. The summed E-state index contributed by atoms with van der Waals surface area (Å²) in [5, 5.41) is 0. The molecule has 71 valence electrons. The van der Waals surface area contributed by atoms with Gasteiger partial charge in [-0.3, -0.25) is 4.79 Å². The fourth-order valence-electron chi connectivity index (χ4n) is 1.03. The summed E-state index contributed by atoms with van der Waals surface area (Å²) in [6.45, 7) is 4.63. The van der Waals surface area contributed by atoms with Crippen molar-refractivity contribution in [2.24, 2.45) is 0 Å². The zero-order chi connectivity index (χ0) is 10.4. The van der Waals surface area contributed by atoms with E-state index in [1.54, 1.807) is 30.3 Å². The van der Waals surface area contributed by atoms with Gasteiger partial charge in [0.05, 0.1) is 0 Å². The SMILES string of the molecule is C=CC(O[C]=O)C(=O)c1ccccc1. The first-order valence-electron chi connectivity index (χ1n) is 4.04. The number of carbonyl (C=O) groups is 1. The molecule has 1 rings (SSSR count). The predicted molar refractivity (Wildman–Crippen MR) is 51.5 cm³/mol. The fourth-order valence-corrected chi connectivity index (χ4v) is 1.03. The maximum atomic E-state index is 11.6. The maximum absolute atomic E-state index is 11.6. The van der Waals surface area contributed by atoms with Crippen molar-refractivity contribution in [3.63, 3.8) is 0 Å². The van der Waals surface area contributed by atoms with Crippen LogP contribution in [0.25, 0.3) is 0 Å². The van der Waals surface area contributed by atoms with Crippen molar-refractivity contribution in [2.75, 3.05) is 0 Å². The van der Waals surface area contributed by atoms with Gasteiger partial charge in [-0.2, -0.15) is 0 Å². The number of ether oxygens (including phenoxy) is 1. The lowest BCUT2D eigenvalue weighted by Crippen LogP contribution is -2.21. The standard InChI is InChI=1S/C11H9O3/c1-2-10(14-8-12)11(13)9-6-4-3-5-7-9/h2-7,10H,1H2. The molecule has 0 aliphatic rings. The van der Waals surface area contributed by atoms with Crippen LogP contribution >= 0.6 is 0 Å². The lowest BCUT2D eigenvalue weighted by atomic mass is 10.1. The zero-order valence-corrected chi connectivity index (χ0v) is 7.47. The van der Waals surface area contributed by atoms with Crippen LogP contribution < -0.4 is 0 Å². The Morgan fingerprint density at radius 2 is 2.07 bits per heavy atom. The lowest BCUT2D eigenvalue weighted by Gasteiger charge is -2.07. The third-order valence-corrected chi connectivity index (χ3v) is 1.71. The third-order valence-electron chi connectivity index (χ3n) is 1.71. The van der Waals surface area contributed by atoms with Gasteiger partial charge in [0, 0.05) is 5.56 Å². The summed E-state index contributed by atoms with van der Waals surface area (Å²) >= 11 is 0. The second-order valence-corrected chi connectivity index (χ2v) is 2.59. The Morgan fingerprint density at radius 1 is 1.43 bits per heavy atom. The molecule has 0 bridgehead atoms. The highest BCUT2D eigenvalue weighted by Crippen LogP contribution is 2.06. The van der Waals surface area contributed by atoms with E-state index in [4.69, 9.17) is 0 Å². The summed E-state index contributed by atoms with van der Waals surface area (Å²) in [5.74, 6) is -0.302. The van der Waals surface area contributed by atoms with Crippen molar-refractivity contribution >= 4 is 12.3 Å². The van der Waals surface area contributed by atoms with Gasteiger partial charge in [-0.05, 0) is 6.08 Å². The molecule has 0 spiro atoms. The van der Waals surface area contributed by atoms with Crippen LogP contribution in [0.3, 0.4) is 0 Å². The number of Topliss-reactive ketones (excluding diaryl/α,β-unsaturated/α-hetero) is 1. The van der Waals surface area contributed by atoms with E-state index in [1.807, 2.05) is 0 Å². The Morgan fingerprint density at radius 3 is 2.57 bits per heavy atom. The molecule has 1 radical (unpaired) electrons. The highest BCUT2D eigenvalue weighted by atomic mass is 16.5. The first-order valence-corrected chi connectivity index (χ1v) is 4.04. The molecule has 0 aliphatic heterocycles. The molecule has 0 N–H and O–H groups in total. The van der Waals surface area contributed by atoms with Gasteiger partial charge in [-0.1, -0.05) is 36.9 Å². The maximum Gasteiger partial charge on any atom is 0.418 e. The number of carbonyl (C=O) groups excluding carboxylic acids is 2. The molecule has 0 fully saturated rings. The van der Waals surface area contributed by atoms with Crippen LogP contribution in [0.4, 0.5) is 0 Å². The summed E-state index contributed by atoms with van der Waals surface area (Å²) in [6, 6.07) is 8.56. The Hall–Kier alpha value is -1.90. The average Bonchev–Trinajstić information content (AvgIpc) is 2.26. The van der Waals surface area contributed by atoms with E-state index >= 15 is 0 Å². The predicted octanol–water partition coefficient (Wildman–Crippen LogP) is 1.51. The largest absolute Gasteiger partial charge is 0.441 e. The van der Waals surface area contributed by atoms with Crippen LogP contribution in [0.15, 0.2) is 43.0 Å². The van der Waals surface area contributed by atoms with E-state index in [0.717, 1.165) is 0 Å². The van der Waals surface area contributed by atoms with Gasteiger partial charge >= 0.3 is 6.47 Å². The van der Waals surface area contributed by atoms with Gasteiger partial charge in [0.1, 0.15) is 0 Å². The van der Waals surface area contributed by atoms with Gasteiger partial charge in [0.15, 0.2) is 6.10 Å². The highest BCUT2D eigenvalue weighted by molar-refractivity contribution is 6.01. The molecule has 14 heavy (non-hydrogen) atoms. The molecule has 3 heteroatoms.